The van der Waals surface area contributed by atoms with E-state index in [1.54, 1.807) is 0 Å². The summed E-state index contributed by atoms with van der Waals surface area (Å²) in [6, 6.07) is 4.10. The lowest BCUT2D eigenvalue weighted by atomic mass is 9.93. The number of aromatic nitrogens is 1. The number of nitrogens with zero attached hydrogens (tertiary/aromatic N) is 2. The molecule has 2 N–H and O–H groups in total. The highest BCUT2D eigenvalue weighted by molar-refractivity contribution is 5.73. The van der Waals surface area contributed by atoms with E-state index in [0.29, 0.717) is 12.3 Å². The quantitative estimate of drug-likeness (QED) is 0.849. The van der Waals surface area contributed by atoms with Crippen molar-refractivity contribution in [2.24, 2.45) is 11.7 Å². The lowest BCUT2D eigenvalue weighted by molar-refractivity contribution is -0.119. The van der Waals surface area contributed by atoms with Crippen LogP contribution in [-0.2, 0) is 11.3 Å². The minimum absolute atomic E-state index is 0.169. The molecule has 1 saturated heterocycles. The molecular weight excluding hydrogens is 214 g/mol. The number of piperidine rings is 1. The summed E-state index contributed by atoms with van der Waals surface area (Å²) in [4.78, 5) is 17.3. The molecule has 2 rings (SSSR count). The van der Waals surface area contributed by atoms with Crippen LogP contribution in [0.25, 0.3) is 0 Å². The van der Waals surface area contributed by atoms with Crippen molar-refractivity contribution in [2.75, 3.05) is 13.1 Å². The van der Waals surface area contributed by atoms with Gasteiger partial charge in [0.1, 0.15) is 0 Å². The van der Waals surface area contributed by atoms with Crippen molar-refractivity contribution in [3.8, 4) is 0 Å². The molecule has 1 fully saturated rings. The molecule has 0 unspecified atom stereocenters. The van der Waals surface area contributed by atoms with Crippen molar-refractivity contribution in [1.29, 1.82) is 0 Å². The maximum absolute atomic E-state index is 10.8. The molecule has 92 valence electrons. The van der Waals surface area contributed by atoms with Gasteiger partial charge in [0.05, 0.1) is 0 Å². The molecule has 1 amide bonds. The fourth-order valence-corrected chi connectivity index (χ4v) is 2.38. The number of rotatable bonds is 4. The van der Waals surface area contributed by atoms with Gasteiger partial charge in [-0.2, -0.15) is 0 Å². The van der Waals surface area contributed by atoms with Gasteiger partial charge in [0, 0.05) is 25.4 Å². The van der Waals surface area contributed by atoms with Crippen LogP contribution >= 0.6 is 0 Å². The largest absolute Gasteiger partial charge is 0.370 e. The number of amides is 1. The zero-order valence-corrected chi connectivity index (χ0v) is 10.0. The first-order chi connectivity index (χ1) is 8.24. The summed E-state index contributed by atoms with van der Waals surface area (Å²) in [6.45, 7) is 3.09. The molecular formula is C13H19N3O. The van der Waals surface area contributed by atoms with Gasteiger partial charge in [-0.05, 0) is 49.5 Å². The maximum Gasteiger partial charge on any atom is 0.217 e. The number of primary amides is 1. The van der Waals surface area contributed by atoms with Gasteiger partial charge >= 0.3 is 0 Å². The normalized spacial score (nSPS) is 18.1. The number of hydrogen-bond acceptors (Lipinski definition) is 3. The first kappa shape index (κ1) is 12.0. The molecule has 0 bridgehead atoms. The molecule has 4 nitrogen and oxygen atoms in total. The SMILES string of the molecule is NC(=O)CC1CCN(Cc2ccncc2)CC1. The van der Waals surface area contributed by atoms with Gasteiger partial charge in [-0.1, -0.05) is 0 Å². The minimum Gasteiger partial charge on any atom is -0.370 e. The predicted molar refractivity (Wildman–Crippen MR) is 66.0 cm³/mol. The minimum atomic E-state index is -0.169. The Balaban J connectivity index is 1.78. The fraction of sp³-hybridized carbons (Fsp3) is 0.538. The predicted octanol–water partition coefficient (Wildman–Crippen LogP) is 1.17. The number of nitrogens with two attached hydrogens (primary N) is 1. The topological polar surface area (TPSA) is 59.2 Å². The summed E-state index contributed by atoms with van der Waals surface area (Å²) in [7, 11) is 0. The summed E-state index contributed by atoms with van der Waals surface area (Å²) in [5, 5.41) is 0. The van der Waals surface area contributed by atoms with E-state index in [4.69, 9.17) is 5.73 Å². The molecule has 0 spiro atoms. The van der Waals surface area contributed by atoms with Gasteiger partial charge in [0.2, 0.25) is 5.91 Å². The van der Waals surface area contributed by atoms with Crippen molar-refractivity contribution in [1.82, 2.24) is 9.88 Å². The Kier molecular flexibility index (Phi) is 4.09. The van der Waals surface area contributed by atoms with E-state index in [9.17, 15) is 4.79 Å². The van der Waals surface area contributed by atoms with Crippen LogP contribution < -0.4 is 5.73 Å². The van der Waals surface area contributed by atoms with Crippen LogP contribution in [0.4, 0.5) is 0 Å². The van der Waals surface area contributed by atoms with Crippen molar-refractivity contribution >= 4 is 5.91 Å². The maximum atomic E-state index is 10.8. The number of pyridine rings is 1. The highest BCUT2D eigenvalue weighted by atomic mass is 16.1. The molecule has 0 aliphatic carbocycles. The molecule has 0 radical (unpaired) electrons. The summed E-state index contributed by atoms with van der Waals surface area (Å²) in [5.41, 5.74) is 6.52. The van der Waals surface area contributed by atoms with E-state index in [1.165, 1.54) is 5.56 Å². The number of carbonyl (C=O) groups excluding carboxylic acids is 1. The molecule has 1 aliphatic heterocycles. The third kappa shape index (κ3) is 3.82. The van der Waals surface area contributed by atoms with Crippen LogP contribution in [0.15, 0.2) is 24.5 Å². The molecule has 1 aromatic heterocycles. The average molecular weight is 233 g/mol. The highest BCUT2D eigenvalue weighted by Gasteiger charge is 2.20. The summed E-state index contributed by atoms with van der Waals surface area (Å²) in [5.74, 6) is 0.318. The van der Waals surface area contributed by atoms with Gasteiger partial charge in [0.15, 0.2) is 0 Å². The lowest BCUT2D eigenvalue weighted by Gasteiger charge is -2.31. The van der Waals surface area contributed by atoms with E-state index in [0.717, 1.165) is 32.5 Å². The Morgan fingerprint density at radius 2 is 2.00 bits per heavy atom. The van der Waals surface area contributed by atoms with E-state index in [1.807, 2.05) is 12.4 Å². The first-order valence-corrected chi connectivity index (χ1v) is 6.13. The van der Waals surface area contributed by atoms with Gasteiger partial charge in [-0.15, -0.1) is 0 Å². The van der Waals surface area contributed by atoms with Crippen LogP contribution in [0.1, 0.15) is 24.8 Å². The molecule has 1 aromatic rings. The van der Waals surface area contributed by atoms with Gasteiger partial charge < -0.3 is 5.73 Å². The lowest BCUT2D eigenvalue weighted by Crippen LogP contribution is -2.34. The first-order valence-electron chi connectivity index (χ1n) is 6.13. The molecule has 0 saturated carbocycles. The fourth-order valence-electron chi connectivity index (χ4n) is 2.38. The van der Waals surface area contributed by atoms with Gasteiger partial charge in [0.25, 0.3) is 0 Å². The third-order valence-electron chi connectivity index (χ3n) is 3.35. The van der Waals surface area contributed by atoms with Crippen LogP contribution in [-0.4, -0.2) is 28.9 Å². The zero-order valence-electron chi connectivity index (χ0n) is 10.0. The van der Waals surface area contributed by atoms with Crippen LogP contribution in [0.5, 0.6) is 0 Å². The summed E-state index contributed by atoms with van der Waals surface area (Å²) in [6.07, 6.45) is 6.36. The van der Waals surface area contributed by atoms with E-state index in [-0.39, 0.29) is 5.91 Å². The highest BCUT2D eigenvalue weighted by Crippen LogP contribution is 2.21. The molecule has 2 heterocycles. The van der Waals surface area contributed by atoms with Crippen molar-refractivity contribution in [2.45, 2.75) is 25.8 Å². The Labute approximate surface area is 102 Å². The molecule has 17 heavy (non-hydrogen) atoms. The summed E-state index contributed by atoms with van der Waals surface area (Å²) >= 11 is 0. The third-order valence-corrected chi connectivity index (χ3v) is 3.35. The molecule has 4 heteroatoms. The Morgan fingerprint density at radius 3 is 2.59 bits per heavy atom. The van der Waals surface area contributed by atoms with Crippen LogP contribution in [0.3, 0.4) is 0 Å². The average Bonchev–Trinajstić information content (AvgIpc) is 2.32. The van der Waals surface area contributed by atoms with Crippen LogP contribution in [0.2, 0.25) is 0 Å². The summed E-state index contributed by atoms with van der Waals surface area (Å²) < 4.78 is 0. The van der Waals surface area contributed by atoms with E-state index < -0.39 is 0 Å². The second kappa shape index (κ2) is 5.77. The van der Waals surface area contributed by atoms with Crippen molar-refractivity contribution < 1.29 is 4.79 Å². The second-order valence-electron chi connectivity index (χ2n) is 4.75. The van der Waals surface area contributed by atoms with Gasteiger partial charge in [-0.25, -0.2) is 0 Å². The Bertz CT molecular complexity index is 358. The Morgan fingerprint density at radius 1 is 1.35 bits per heavy atom. The van der Waals surface area contributed by atoms with Gasteiger partial charge in [-0.3, -0.25) is 14.7 Å². The van der Waals surface area contributed by atoms with E-state index >= 15 is 0 Å². The van der Waals surface area contributed by atoms with Crippen LogP contribution in [0, 0.1) is 5.92 Å². The number of likely N-dealkylation sites (tertiary alicyclic amines) is 1. The monoisotopic (exact) mass is 233 g/mol. The molecule has 0 atom stereocenters. The van der Waals surface area contributed by atoms with E-state index in [2.05, 4.69) is 22.0 Å². The number of carbonyl (C=O) groups is 1. The molecule has 1 aliphatic rings. The molecule has 0 aromatic carbocycles. The smallest absolute Gasteiger partial charge is 0.217 e. The second-order valence-corrected chi connectivity index (χ2v) is 4.75. The van der Waals surface area contributed by atoms with Crippen molar-refractivity contribution in [3.63, 3.8) is 0 Å². The zero-order chi connectivity index (χ0) is 12.1. The Hall–Kier alpha value is -1.42. The number of hydrogen-bond donors (Lipinski definition) is 1. The van der Waals surface area contributed by atoms with Crippen molar-refractivity contribution in [3.05, 3.63) is 30.1 Å². The standard InChI is InChI=1S/C13H19N3O/c14-13(17)9-11-3-7-16(8-4-11)10-12-1-5-15-6-2-12/h1-2,5-6,11H,3-4,7-10H2,(H2,14,17).